The topological polar surface area (TPSA) is 94.5 Å². The van der Waals surface area contributed by atoms with E-state index in [2.05, 4.69) is 4.99 Å². The zero-order chi connectivity index (χ0) is 21.7. The number of aliphatic imine (C=N–C) groups is 1. The Balaban J connectivity index is 2.42. The summed E-state index contributed by atoms with van der Waals surface area (Å²) in [6.07, 6.45) is 5.14. The van der Waals surface area contributed by atoms with Crippen molar-refractivity contribution < 1.29 is 27.4 Å². The Kier molecular flexibility index (Phi) is 7.82. The summed E-state index contributed by atoms with van der Waals surface area (Å²) in [7, 11) is -2.25. The van der Waals surface area contributed by atoms with Gasteiger partial charge >= 0.3 is 0 Å². The van der Waals surface area contributed by atoms with Crippen molar-refractivity contribution in [2.75, 3.05) is 37.4 Å². The van der Waals surface area contributed by atoms with Gasteiger partial charge in [0.15, 0.2) is 12.0 Å². The minimum absolute atomic E-state index is 0.0763. The first-order valence-electron chi connectivity index (χ1n) is 9.59. The van der Waals surface area contributed by atoms with Gasteiger partial charge in [-0.25, -0.2) is 13.2 Å². The van der Waals surface area contributed by atoms with Gasteiger partial charge in [0.05, 0.1) is 32.2 Å². The molecule has 0 aliphatic carbocycles. The number of sulfonamides is 1. The number of hydrogen-bond donors (Lipinski definition) is 0. The minimum atomic E-state index is -3.66. The molecule has 1 atom stereocenters. The number of nitrogens with zero attached hydrogens (tertiary/aromatic N) is 2. The molecule has 0 aromatic heterocycles. The molecule has 162 valence electrons. The quantitative estimate of drug-likeness (QED) is 0.468. The second-order valence-electron chi connectivity index (χ2n) is 8.00. The number of isocyanates is 1. The van der Waals surface area contributed by atoms with Crippen molar-refractivity contribution in [1.29, 1.82) is 0 Å². The van der Waals surface area contributed by atoms with E-state index in [0.29, 0.717) is 12.3 Å². The number of methoxy groups -OCH3 is 1. The van der Waals surface area contributed by atoms with Gasteiger partial charge in [-0.15, -0.1) is 0 Å². The molecule has 1 unspecified atom stereocenters. The maximum absolute atomic E-state index is 12.6. The molecule has 1 heterocycles. The molecule has 0 spiro atoms. The maximum Gasteiger partial charge on any atom is 0.240 e. The Bertz CT molecular complexity index is 850. The molecule has 2 rings (SSSR count). The van der Waals surface area contributed by atoms with Crippen molar-refractivity contribution >= 4 is 27.5 Å². The molecule has 1 fully saturated rings. The number of ether oxygens (including phenoxy) is 3. The molecule has 0 bridgehead atoms. The molecule has 1 aromatic rings. The van der Waals surface area contributed by atoms with Crippen LogP contribution in [0.5, 0.6) is 5.75 Å². The smallest absolute Gasteiger partial charge is 0.240 e. The van der Waals surface area contributed by atoms with Crippen LogP contribution in [0.3, 0.4) is 0 Å². The van der Waals surface area contributed by atoms with Crippen LogP contribution in [-0.4, -0.2) is 53.9 Å². The zero-order valence-electron chi connectivity index (χ0n) is 17.7. The maximum atomic E-state index is 12.6. The summed E-state index contributed by atoms with van der Waals surface area (Å²) < 4.78 is 43.1. The number of benzene rings is 1. The van der Waals surface area contributed by atoms with Crippen LogP contribution in [0.4, 0.5) is 11.4 Å². The predicted octanol–water partition coefficient (Wildman–Crippen LogP) is 3.27. The highest BCUT2D eigenvalue weighted by Crippen LogP contribution is 2.42. The van der Waals surface area contributed by atoms with Crippen LogP contribution in [0.1, 0.15) is 45.6 Å². The van der Waals surface area contributed by atoms with E-state index in [4.69, 9.17) is 14.2 Å². The van der Waals surface area contributed by atoms with Crippen LogP contribution in [0.15, 0.2) is 17.1 Å². The summed E-state index contributed by atoms with van der Waals surface area (Å²) in [5.41, 5.74) is 1.05. The summed E-state index contributed by atoms with van der Waals surface area (Å²) in [6.45, 7) is 6.85. The largest absolute Gasteiger partial charge is 0.492 e. The molecule has 9 heteroatoms. The van der Waals surface area contributed by atoms with Gasteiger partial charge in [0, 0.05) is 6.61 Å². The molecule has 0 radical (unpaired) electrons. The van der Waals surface area contributed by atoms with E-state index in [-0.39, 0.29) is 36.3 Å². The van der Waals surface area contributed by atoms with Crippen LogP contribution in [0.25, 0.3) is 0 Å². The first kappa shape index (κ1) is 23.3. The van der Waals surface area contributed by atoms with E-state index < -0.39 is 10.0 Å². The molecule has 1 aromatic carbocycles. The number of carbonyl (C=O) groups excluding carboxylic acids is 1. The van der Waals surface area contributed by atoms with Crippen molar-refractivity contribution in [3.63, 3.8) is 0 Å². The number of anilines is 1. The lowest BCUT2D eigenvalue weighted by Crippen LogP contribution is -2.35. The SMILES string of the molecule is COc1c(N=C=O)cc(C(C)(C)C)cc1N(CCOC1CCCCO1)S(C)(=O)=O. The molecule has 29 heavy (non-hydrogen) atoms. The van der Waals surface area contributed by atoms with Gasteiger partial charge in [-0.05, 0) is 42.4 Å². The Hall–Kier alpha value is -1.93. The van der Waals surface area contributed by atoms with Crippen molar-refractivity contribution in [2.45, 2.75) is 51.7 Å². The predicted molar refractivity (Wildman–Crippen MR) is 111 cm³/mol. The first-order chi connectivity index (χ1) is 13.6. The van der Waals surface area contributed by atoms with E-state index >= 15 is 0 Å². The zero-order valence-corrected chi connectivity index (χ0v) is 18.5. The molecular formula is C20H30N2O6S. The van der Waals surface area contributed by atoms with E-state index in [1.165, 1.54) is 17.5 Å². The van der Waals surface area contributed by atoms with Gasteiger partial charge in [0.1, 0.15) is 5.69 Å². The van der Waals surface area contributed by atoms with Crippen molar-refractivity contribution in [3.05, 3.63) is 17.7 Å². The van der Waals surface area contributed by atoms with Crippen LogP contribution >= 0.6 is 0 Å². The molecule has 1 aliphatic heterocycles. The van der Waals surface area contributed by atoms with Gasteiger partial charge in [0.2, 0.25) is 16.1 Å². The van der Waals surface area contributed by atoms with Crippen molar-refractivity contribution in [1.82, 2.24) is 0 Å². The lowest BCUT2D eigenvalue weighted by atomic mass is 9.86. The van der Waals surface area contributed by atoms with E-state index in [1.807, 2.05) is 20.8 Å². The van der Waals surface area contributed by atoms with E-state index in [1.54, 1.807) is 12.1 Å². The Morgan fingerprint density at radius 1 is 1.31 bits per heavy atom. The van der Waals surface area contributed by atoms with Crippen LogP contribution < -0.4 is 9.04 Å². The fraction of sp³-hybridized carbons (Fsp3) is 0.650. The molecule has 1 aliphatic rings. The third-order valence-electron chi connectivity index (χ3n) is 4.69. The second-order valence-corrected chi connectivity index (χ2v) is 9.91. The normalized spacial score (nSPS) is 17.5. The summed E-state index contributed by atoms with van der Waals surface area (Å²) in [6, 6.07) is 3.46. The summed E-state index contributed by atoms with van der Waals surface area (Å²) in [5, 5.41) is 0. The second kappa shape index (κ2) is 9.71. The highest BCUT2D eigenvalue weighted by Gasteiger charge is 2.27. The van der Waals surface area contributed by atoms with E-state index in [9.17, 15) is 13.2 Å². The standard InChI is InChI=1S/C20H30N2O6S/c1-20(2,3)15-12-16(21-14-23)19(26-4)17(13-15)22(29(5,24)25)9-11-28-18-8-6-7-10-27-18/h12-13,18H,6-11H2,1-5H3. The fourth-order valence-corrected chi connectivity index (χ4v) is 4.03. The summed E-state index contributed by atoms with van der Waals surface area (Å²) in [4.78, 5) is 14.6. The molecule has 8 nitrogen and oxygen atoms in total. The van der Waals surface area contributed by atoms with E-state index in [0.717, 1.165) is 31.1 Å². The van der Waals surface area contributed by atoms with Gasteiger partial charge in [-0.2, -0.15) is 4.99 Å². The van der Waals surface area contributed by atoms with Gasteiger partial charge in [-0.1, -0.05) is 20.8 Å². The number of hydrogen-bond acceptors (Lipinski definition) is 7. The van der Waals surface area contributed by atoms with Crippen LogP contribution in [0, 0.1) is 0 Å². The van der Waals surface area contributed by atoms with Gasteiger partial charge in [-0.3, -0.25) is 4.31 Å². The molecule has 0 N–H and O–H groups in total. The summed E-state index contributed by atoms with van der Waals surface area (Å²) >= 11 is 0. The molecule has 1 saturated heterocycles. The third-order valence-corrected chi connectivity index (χ3v) is 5.87. The first-order valence-corrected chi connectivity index (χ1v) is 11.4. The summed E-state index contributed by atoms with van der Waals surface area (Å²) in [5.74, 6) is 0.195. The average Bonchev–Trinajstić information content (AvgIpc) is 2.64. The monoisotopic (exact) mass is 426 g/mol. The van der Waals surface area contributed by atoms with Crippen molar-refractivity contribution in [3.8, 4) is 5.75 Å². The fourth-order valence-electron chi connectivity index (χ4n) is 3.13. The molecular weight excluding hydrogens is 396 g/mol. The number of rotatable bonds is 8. The lowest BCUT2D eigenvalue weighted by molar-refractivity contribution is -0.160. The highest BCUT2D eigenvalue weighted by molar-refractivity contribution is 7.92. The van der Waals surface area contributed by atoms with Gasteiger partial charge < -0.3 is 14.2 Å². The molecule has 0 saturated carbocycles. The van der Waals surface area contributed by atoms with Crippen LogP contribution in [-0.2, 0) is 29.7 Å². The molecule has 0 amide bonds. The highest BCUT2D eigenvalue weighted by atomic mass is 32.2. The van der Waals surface area contributed by atoms with Crippen LogP contribution in [0.2, 0.25) is 0 Å². The average molecular weight is 427 g/mol. The Labute approximate surface area is 172 Å². The van der Waals surface area contributed by atoms with Gasteiger partial charge in [0.25, 0.3) is 0 Å². The third kappa shape index (κ3) is 6.27. The Morgan fingerprint density at radius 3 is 2.55 bits per heavy atom. The minimum Gasteiger partial charge on any atom is -0.492 e. The Morgan fingerprint density at radius 2 is 2.03 bits per heavy atom. The van der Waals surface area contributed by atoms with Crippen molar-refractivity contribution in [2.24, 2.45) is 4.99 Å². The lowest BCUT2D eigenvalue weighted by Gasteiger charge is -2.29.